The number of likely N-dealkylation sites (tertiary alicyclic amines) is 1. The van der Waals surface area contributed by atoms with Gasteiger partial charge in [0.05, 0.1) is 29.5 Å². The van der Waals surface area contributed by atoms with Crippen LogP contribution in [-0.2, 0) is 6.54 Å². The van der Waals surface area contributed by atoms with Crippen molar-refractivity contribution in [3.8, 4) is 10.7 Å². The summed E-state index contributed by atoms with van der Waals surface area (Å²) in [5.41, 5.74) is 2.60. The van der Waals surface area contributed by atoms with E-state index in [1.807, 2.05) is 6.07 Å². The average Bonchev–Trinajstić information content (AvgIpc) is 3.70. The number of benzene rings is 2. The molecule has 0 aliphatic carbocycles. The molecule has 2 aromatic carbocycles. The molecule has 1 unspecified atom stereocenters. The largest absolute Gasteiger partial charge is 0.382 e. The van der Waals surface area contributed by atoms with E-state index >= 15 is 4.39 Å². The fourth-order valence-corrected chi connectivity index (χ4v) is 5.86. The quantitative estimate of drug-likeness (QED) is 0.238. The van der Waals surface area contributed by atoms with E-state index in [1.54, 1.807) is 42.6 Å². The van der Waals surface area contributed by atoms with Crippen molar-refractivity contribution in [2.24, 2.45) is 0 Å². The van der Waals surface area contributed by atoms with Crippen molar-refractivity contribution < 1.29 is 18.0 Å². The monoisotopic (exact) mass is 568 g/mol. The van der Waals surface area contributed by atoms with Crippen molar-refractivity contribution in [1.29, 1.82) is 0 Å². The van der Waals surface area contributed by atoms with Crippen molar-refractivity contribution in [1.82, 2.24) is 35.2 Å². The zero-order valence-corrected chi connectivity index (χ0v) is 22.4. The summed E-state index contributed by atoms with van der Waals surface area (Å²) in [6.07, 6.45) is -2.25. The van der Waals surface area contributed by atoms with Crippen molar-refractivity contribution in [2.75, 3.05) is 25.5 Å². The molecular weight excluding hydrogens is 541 g/mol. The summed E-state index contributed by atoms with van der Waals surface area (Å²) in [6, 6.07) is 12.3. The highest BCUT2D eigenvalue weighted by Crippen LogP contribution is 2.38. The SMILES string of the molecule is CN1CCC(Nc2cccc3c2cc(-c2nnc(CNC(=O)c4ccc5[nH]ncc5c4)s2)n3C(F)C(F)F)CC1. The first-order valence-corrected chi connectivity index (χ1v) is 13.7. The second-order valence-electron chi connectivity index (χ2n) is 9.92. The van der Waals surface area contributed by atoms with Gasteiger partial charge in [-0.2, -0.15) is 5.10 Å². The number of nitrogens with one attached hydrogen (secondary N) is 3. The number of hydrogen-bond donors (Lipinski definition) is 3. The summed E-state index contributed by atoms with van der Waals surface area (Å²) >= 11 is 1.12. The van der Waals surface area contributed by atoms with Gasteiger partial charge < -0.3 is 20.1 Å². The summed E-state index contributed by atoms with van der Waals surface area (Å²) in [5.74, 6) is -0.305. The molecule has 4 heterocycles. The van der Waals surface area contributed by atoms with Crippen LogP contribution in [0.4, 0.5) is 18.9 Å². The van der Waals surface area contributed by atoms with Gasteiger partial charge in [0.25, 0.3) is 12.3 Å². The first kappa shape index (κ1) is 26.3. The van der Waals surface area contributed by atoms with Gasteiger partial charge in [0.1, 0.15) is 5.01 Å². The Hall–Kier alpha value is -3.97. The Morgan fingerprint density at radius 2 is 1.98 bits per heavy atom. The summed E-state index contributed by atoms with van der Waals surface area (Å²) < 4.78 is 43.4. The van der Waals surface area contributed by atoms with E-state index in [0.29, 0.717) is 21.5 Å². The second-order valence-corrected chi connectivity index (χ2v) is 11.0. The van der Waals surface area contributed by atoms with Crippen LogP contribution in [0.15, 0.2) is 48.7 Å². The third kappa shape index (κ3) is 5.13. The van der Waals surface area contributed by atoms with Gasteiger partial charge in [0.15, 0.2) is 5.01 Å². The Balaban J connectivity index is 1.26. The van der Waals surface area contributed by atoms with Gasteiger partial charge in [-0.25, -0.2) is 13.2 Å². The zero-order chi connectivity index (χ0) is 27.8. The summed E-state index contributed by atoms with van der Waals surface area (Å²) in [4.78, 5) is 14.9. The van der Waals surface area contributed by atoms with E-state index in [2.05, 4.69) is 43.0 Å². The van der Waals surface area contributed by atoms with E-state index in [9.17, 15) is 13.6 Å². The molecule has 208 valence electrons. The third-order valence-corrected chi connectivity index (χ3v) is 8.15. The minimum absolute atomic E-state index is 0.0803. The van der Waals surface area contributed by atoms with E-state index < -0.39 is 12.7 Å². The lowest BCUT2D eigenvalue weighted by Gasteiger charge is -2.30. The molecule has 0 bridgehead atoms. The molecule has 5 aromatic rings. The zero-order valence-electron chi connectivity index (χ0n) is 21.6. The average molecular weight is 569 g/mol. The van der Waals surface area contributed by atoms with E-state index in [-0.39, 0.29) is 29.2 Å². The molecule has 13 heteroatoms. The molecule has 0 saturated carbocycles. The number of alkyl halides is 3. The number of fused-ring (bicyclic) bond motifs is 2. The maximum Gasteiger partial charge on any atom is 0.288 e. The van der Waals surface area contributed by atoms with Crippen molar-refractivity contribution in [3.05, 3.63) is 59.2 Å². The van der Waals surface area contributed by atoms with Gasteiger partial charge >= 0.3 is 0 Å². The van der Waals surface area contributed by atoms with Crippen LogP contribution in [0.25, 0.3) is 32.5 Å². The fourth-order valence-electron chi connectivity index (χ4n) is 5.06. The summed E-state index contributed by atoms with van der Waals surface area (Å²) in [7, 11) is 2.08. The van der Waals surface area contributed by atoms with Crippen molar-refractivity contribution in [2.45, 2.75) is 38.1 Å². The number of carbonyl (C=O) groups excluding carboxylic acids is 1. The van der Waals surface area contributed by atoms with Crippen LogP contribution in [0.1, 0.15) is 34.5 Å². The lowest BCUT2D eigenvalue weighted by Crippen LogP contribution is -2.36. The number of carbonyl (C=O) groups is 1. The number of halogens is 3. The number of hydrogen-bond acceptors (Lipinski definition) is 7. The van der Waals surface area contributed by atoms with E-state index in [4.69, 9.17) is 0 Å². The van der Waals surface area contributed by atoms with Gasteiger partial charge in [-0.15, -0.1) is 10.2 Å². The molecule has 1 aliphatic rings. The van der Waals surface area contributed by atoms with Crippen molar-refractivity contribution >= 4 is 44.7 Å². The third-order valence-electron chi connectivity index (χ3n) is 7.20. The van der Waals surface area contributed by atoms with Crippen LogP contribution < -0.4 is 10.6 Å². The normalized spacial score (nSPS) is 15.7. The van der Waals surface area contributed by atoms with Gasteiger partial charge in [-0.1, -0.05) is 17.4 Å². The Morgan fingerprint density at radius 3 is 2.77 bits per heavy atom. The summed E-state index contributed by atoms with van der Waals surface area (Å²) in [6.45, 7) is 2.00. The van der Waals surface area contributed by atoms with Gasteiger partial charge in [0, 0.05) is 28.1 Å². The molecule has 3 N–H and O–H groups in total. The highest BCUT2D eigenvalue weighted by Gasteiger charge is 2.29. The Bertz CT molecular complexity index is 1660. The lowest BCUT2D eigenvalue weighted by atomic mass is 10.0. The highest BCUT2D eigenvalue weighted by molar-refractivity contribution is 7.14. The molecular formula is C27H27F3N8OS. The maximum absolute atomic E-state index is 15.0. The van der Waals surface area contributed by atoms with E-state index in [1.165, 1.54) is 0 Å². The van der Waals surface area contributed by atoms with Crippen LogP contribution in [0.3, 0.4) is 0 Å². The molecule has 9 nitrogen and oxygen atoms in total. The number of piperidine rings is 1. The highest BCUT2D eigenvalue weighted by atomic mass is 32.1. The predicted molar refractivity (Wildman–Crippen MR) is 148 cm³/mol. The van der Waals surface area contributed by atoms with Crippen LogP contribution >= 0.6 is 11.3 Å². The molecule has 1 aliphatic heterocycles. The number of aromatic amines is 1. The molecule has 1 atom stereocenters. The minimum atomic E-state index is -3.22. The Morgan fingerprint density at radius 1 is 1.15 bits per heavy atom. The minimum Gasteiger partial charge on any atom is -0.382 e. The molecule has 1 amide bonds. The molecule has 1 fully saturated rings. The number of rotatable bonds is 8. The Labute approximate surface area is 231 Å². The van der Waals surface area contributed by atoms with Crippen LogP contribution in [0.5, 0.6) is 0 Å². The number of amides is 1. The summed E-state index contributed by atoms with van der Waals surface area (Å²) in [5, 5.41) is 23.6. The standard InChI is InChI=1S/C27H27F3N8OS/c1-37-9-7-17(8-10-37)33-20-3-2-4-21-18(20)12-22(38(21)25(30)24(28)29)27-36-35-23(40-27)14-31-26(39)15-5-6-19-16(11-15)13-32-34-19/h2-6,11-13,17,24-25,33H,7-10,14H2,1H3,(H,31,39)(H,32,34). The second kappa shape index (κ2) is 10.9. The van der Waals surface area contributed by atoms with Crippen LogP contribution in [-0.4, -0.2) is 68.4 Å². The van der Waals surface area contributed by atoms with Crippen LogP contribution in [0, 0.1) is 0 Å². The van der Waals surface area contributed by atoms with Crippen molar-refractivity contribution in [3.63, 3.8) is 0 Å². The molecule has 1 saturated heterocycles. The topological polar surface area (TPSA) is 104 Å². The number of aromatic nitrogens is 5. The van der Waals surface area contributed by atoms with Gasteiger partial charge in [-0.05, 0) is 69.4 Å². The van der Waals surface area contributed by atoms with Gasteiger partial charge in [-0.3, -0.25) is 9.89 Å². The van der Waals surface area contributed by atoms with Gasteiger partial charge in [0.2, 0.25) is 6.30 Å². The molecule has 0 spiro atoms. The van der Waals surface area contributed by atoms with Crippen LogP contribution in [0.2, 0.25) is 0 Å². The molecule has 0 radical (unpaired) electrons. The first-order valence-electron chi connectivity index (χ1n) is 12.9. The first-order chi connectivity index (χ1) is 19.4. The maximum atomic E-state index is 15.0. The van der Waals surface area contributed by atoms with E-state index in [0.717, 1.165) is 58.4 Å². The number of nitrogens with zero attached hydrogens (tertiary/aromatic N) is 5. The molecule has 3 aromatic heterocycles. The lowest BCUT2D eigenvalue weighted by molar-refractivity contribution is 0.0115. The fraction of sp³-hybridized carbons (Fsp3) is 0.333. The smallest absolute Gasteiger partial charge is 0.288 e. The molecule has 40 heavy (non-hydrogen) atoms. The predicted octanol–water partition coefficient (Wildman–Crippen LogP) is 5.21. The number of H-pyrrole nitrogens is 1. The number of anilines is 1. The molecule has 6 rings (SSSR count). The Kier molecular flexibility index (Phi) is 7.15.